The number of benzene rings is 3. The number of anilines is 1. The van der Waals surface area contributed by atoms with Gasteiger partial charge in [0.25, 0.3) is 0 Å². The second kappa shape index (κ2) is 9.27. The molecule has 0 fully saturated rings. The van der Waals surface area contributed by atoms with Crippen LogP contribution in [0.5, 0.6) is 0 Å². The summed E-state index contributed by atoms with van der Waals surface area (Å²) in [5.74, 6) is -0.224. The Balaban J connectivity index is 1.72. The molecule has 0 saturated carbocycles. The monoisotopic (exact) mass is 478 g/mol. The maximum atomic E-state index is 12.7. The number of nitrogens with zero attached hydrogens (tertiary/aromatic N) is 1. The van der Waals surface area contributed by atoms with E-state index in [4.69, 9.17) is 11.6 Å². The van der Waals surface area contributed by atoms with E-state index in [9.17, 15) is 4.79 Å². The fourth-order valence-electron chi connectivity index (χ4n) is 3.11. The number of halogens is 1. The number of pyridine rings is 1. The van der Waals surface area contributed by atoms with Crippen LogP contribution in [-0.4, -0.2) is 25.8 Å². The van der Waals surface area contributed by atoms with Crippen molar-refractivity contribution in [1.29, 1.82) is 0 Å². The Bertz CT molecular complexity index is 1190. The average Bonchev–Trinajstić information content (AvgIpc) is 2.76. The van der Waals surface area contributed by atoms with Crippen LogP contribution < -0.4 is 14.2 Å². The van der Waals surface area contributed by atoms with Gasteiger partial charge in [-0.05, 0) is 0 Å². The van der Waals surface area contributed by atoms with Gasteiger partial charge in [0.2, 0.25) is 0 Å². The molecular weight excluding hydrogens is 459 g/mol. The normalized spacial score (nSPS) is 10.6. The topological polar surface area (TPSA) is 42.0 Å². The van der Waals surface area contributed by atoms with Gasteiger partial charge in [0.05, 0.1) is 0 Å². The third-order valence-corrected chi connectivity index (χ3v) is 6.99. The van der Waals surface area contributed by atoms with Gasteiger partial charge >= 0.3 is 188 Å². The summed E-state index contributed by atoms with van der Waals surface area (Å²) >= 11 is 6.27. The van der Waals surface area contributed by atoms with Gasteiger partial charge in [0.1, 0.15) is 0 Å². The molecule has 0 aliphatic rings. The first-order chi connectivity index (χ1) is 14.6. The predicted molar refractivity (Wildman–Crippen MR) is 125 cm³/mol. The summed E-state index contributed by atoms with van der Waals surface area (Å²) < 4.78 is 2.44. The van der Waals surface area contributed by atoms with Gasteiger partial charge in [0, 0.05) is 0 Å². The Labute approximate surface area is 187 Å². The van der Waals surface area contributed by atoms with Crippen LogP contribution in [0.3, 0.4) is 0 Å². The quantitative estimate of drug-likeness (QED) is 0.426. The Morgan fingerprint density at radius 2 is 1.73 bits per heavy atom. The molecule has 5 heteroatoms. The van der Waals surface area contributed by atoms with Crippen molar-refractivity contribution in [3.05, 3.63) is 107 Å². The zero-order valence-electron chi connectivity index (χ0n) is 16.3. The molecule has 0 aliphatic heterocycles. The minimum atomic E-state index is -0.224. The van der Waals surface area contributed by atoms with Crippen molar-refractivity contribution in [2.75, 3.05) is 5.32 Å². The molecule has 3 nitrogen and oxygen atoms in total. The van der Waals surface area contributed by atoms with Gasteiger partial charge in [-0.3, -0.25) is 0 Å². The van der Waals surface area contributed by atoms with E-state index in [1.807, 2.05) is 42.5 Å². The van der Waals surface area contributed by atoms with Gasteiger partial charge < -0.3 is 0 Å². The fraction of sp³-hybridized carbons (Fsp3) is 0.0400. The van der Waals surface area contributed by atoms with Crippen molar-refractivity contribution in [3.8, 4) is 11.1 Å². The summed E-state index contributed by atoms with van der Waals surface area (Å²) in [6.07, 6.45) is 1.62. The summed E-state index contributed by atoms with van der Waals surface area (Å²) in [5.41, 5.74) is 4.43. The first-order valence-electron chi connectivity index (χ1n) is 9.46. The second-order valence-electron chi connectivity index (χ2n) is 6.77. The van der Waals surface area contributed by atoms with Crippen molar-refractivity contribution < 1.29 is 4.79 Å². The molecule has 1 aromatic heterocycles. The zero-order valence-corrected chi connectivity index (χ0v) is 18.8. The van der Waals surface area contributed by atoms with E-state index in [2.05, 4.69) is 41.5 Å². The molecule has 3 aromatic carbocycles. The number of nitrogens with one attached hydrogen (secondary N) is 1. The van der Waals surface area contributed by atoms with Crippen molar-refractivity contribution in [1.82, 2.24) is 4.98 Å². The molecule has 0 atom stereocenters. The van der Waals surface area contributed by atoms with Crippen LogP contribution in [0.15, 0.2) is 91.1 Å². The van der Waals surface area contributed by atoms with Crippen molar-refractivity contribution in [3.63, 3.8) is 0 Å². The van der Waals surface area contributed by atoms with Crippen LogP contribution in [0.2, 0.25) is 5.02 Å². The molecule has 0 radical (unpaired) electrons. The summed E-state index contributed by atoms with van der Waals surface area (Å²) in [6.45, 7) is 2.08. The number of hydrogen-bond acceptors (Lipinski definition) is 2. The van der Waals surface area contributed by atoms with E-state index in [0.717, 1.165) is 21.8 Å². The number of para-hydroxylation sites is 1. The van der Waals surface area contributed by atoms with Crippen LogP contribution >= 0.6 is 11.6 Å². The molecule has 1 amide bonds. The van der Waals surface area contributed by atoms with E-state index in [-0.39, 0.29) is 20.9 Å². The van der Waals surface area contributed by atoms with Crippen LogP contribution in [0, 0.1) is 6.92 Å². The van der Waals surface area contributed by atoms with Crippen molar-refractivity contribution in [2.45, 2.75) is 6.92 Å². The van der Waals surface area contributed by atoms with Crippen molar-refractivity contribution >= 4 is 47.1 Å². The summed E-state index contributed by atoms with van der Waals surface area (Å²) in [5, 5.41) is 3.77. The maximum absolute atomic E-state index is 12.7. The molecule has 0 bridgehead atoms. The van der Waals surface area contributed by atoms with Gasteiger partial charge in [-0.25, -0.2) is 0 Å². The second-order valence-corrected chi connectivity index (χ2v) is 9.55. The Kier molecular flexibility index (Phi) is 6.29. The molecule has 0 unspecified atom stereocenters. The number of aromatic nitrogens is 1. The first kappa shape index (κ1) is 20.4. The van der Waals surface area contributed by atoms with E-state index in [1.165, 1.54) is 14.5 Å². The van der Waals surface area contributed by atoms with Crippen molar-refractivity contribution in [2.24, 2.45) is 0 Å². The van der Waals surface area contributed by atoms with E-state index >= 15 is 0 Å². The molecule has 4 rings (SSSR count). The van der Waals surface area contributed by atoms with Gasteiger partial charge in [-0.15, -0.1) is 0 Å². The molecule has 1 N–H and O–H groups in total. The van der Waals surface area contributed by atoms with Crippen LogP contribution in [-0.2, 0) is 0 Å². The molecule has 1 heterocycles. The molecule has 0 spiro atoms. The van der Waals surface area contributed by atoms with E-state index in [1.54, 1.807) is 24.4 Å². The van der Waals surface area contributed by atoms with Crippen LogP contribution in [0.25, 0.3) is 11.1 Å². The summed E-state index contributed by atoms with van der Waals surface area (Å²) in [6, 6.07) is 27.6. The van der Waals surface area contributed by atoms with Gasteiger partial charge in [-0.2, -0.15) is 0 Å². The van der Waals surface area contributed by atoms with E-state index in [0.29, 0.717) is 5.69 Å². The van der Waals surface area contributed by atoms with Gasteiger partial charge in [-0.1, -0.05) is 0 Å². The molecule has 30 heavy (non-hydrogen) atoms. The van der Waals surface area contributed by atoms with Crippen LogP contribution in [0.4, 0.5) is 5.69 Å². The van der Waals surface area contributed by atoms with E-state index < -0.39 is 0 Å². The minimum absolute atomic E-state index is 0.0754. The average molecular weight is 478 g/mol. The standard InChI is InChI=1S/C25H19ClN2OSe/c1-17-12-13-24(30-19-8-6-7-18(26)16-19)21(15-17)20-9-2-3-10-22(20)28-25(29)23-11-4-5-14-27-23/h2-16H,1H3,(H,28,29). The SMILES string of the molecule is Cc1ccc([Se]c2cccc(Cl)c2)c(-c2ccccc2NC(=O)c2ccccn2)c1. The first-order valence-corrected chi connectivity index (χ1v) is 11.5. The summed E-state index contributed by atoms with van der Waals surface area (Å²) in [7, 11) is 0. The number of amides is 1. The Morgan fingerprint density at radius 1 is 0.900 bits per heavy atom. The number of hydrogen-bond donors (Lipinski definition) is 1. The molecule has 148 valence electrons. The summed E-state index contributed by atoms with van der Waals surface area (Å²) in [4.78, 5) is 16.8. The van der Waals surface area contributed by atoms with Gasteiger partial charge in [0.15, 0.2) is 0 Å². The molecule has 0 saturated heterocycles. The molecule has 0 aliphatic carbocycles. The molecular formula is C25H19ClN2OSe. The third kappa shape index (κ3) is 4.80. The zero-order chi connectivity index (χ0) is 20.9. The number of carbonyl (C=O) groups is 1. The predicted octanol–water partition coefficient (Wildman–Crippen LogP) is 4.62. The Morgan fingerprint density at radius 3 is 2.53 bits per heavy atom. The number of aryl methyl sites for hydroxylation is 1. The Hall–Kier alpha value is -2.91. The number of carbonyl (C=O) groups excluding carboxylic acids is 1. The third-order valence-electron chi connectivity index (χ3n) is 4.52. The van der Waals surface area contributed by atoms with Crippen LogP contribution in [0.1, 0.15) is 16.1 Å². The number of rotatable bonds is 5. The molecule has 4 aromatic rings. The fourth-order valence-corrected chi connectivity index (χ4v) is 5.55.